The van der Waals surface area contributed by atoms with Gasteiger partial charge in [-0.25, -0.2) is 9.50 Å². The molecule has 2 heterocycles. The molecule has 2 aromatic heterocycles. The number of thioether (sulfide) groups is 1. The SMILES string of the molecule is CCOc1ccc(-c2cc3c(SCc4ccc(C)cc4)nccn3n2)cc1Cl. The van der Waals surface area contributed by atoms with Gasteiger partial charge in [0.15, 0.2) is 0 Å². The number of hydrogen-bond acceptors (Lipinski definition) is 4. The van der Waals surface area contributed by atoms with Crippen LogP contribution in [0, 0.1) is 6.92 Å². The molecular formula is C22H20ClN3OS. The molecule has 0 fully saturated rings. The van der Waals surface area contributed by atoms with E-state index >= 15 is 0 Å². The molecule has 0 radical (unpaired) electrons. The summed E-state index contributed by atoms with van der Waals surface area (Å²) in [5.41, 5.74) is 5.34. The smallest absolute Gasteiger partial charge is 0.137 e. The van der Waals surface area contributed by atoms with Crippen molar-refractivity contribution < 1.29 is 4.74 Å². The van der Waals surface area contributed by atoms with Gasteiger partial charge in [-0.2, -0.15) is 5.10 Å². The molecule has 28 heavy (non-hydrogen) atoms. The number of hydrogen-bond donors (Lipinski definition) is 0. The number of nitrogens with zero attached hydrogens (tertiary/aromatic N) is 3. The summed E-state index contributed by atoms with van der Waals surface area (Å²) in [6.07, 6.45) is 3.65. The highest BCUT2D eigenvalue weighted by Gasteiger charge is 2.11. The third kappa shape index (κ3) is 4.01. The van der Waals surface area contributed by atoms with Gasteiger partial charge in [-0.05, 0) is 43.7 Å². The van der Waals surface area contributed by atoms with Gasteiger partial charge in [-0.1, -0.05) is 53.2 Å². The van der Waals surface area contributed by atoms with Gasteiger partial charge >= 0.3 is 0 Å². The Morgan fingerprint density at radius 1 is 1.11 bits per heavy atom. The number of benzene rings is 2. The molecule has 142 valence electrons. The summed E-state index contributed by atoms with van der Waals surface area (Å²) < 4.78 is 7.38. The van der Waals surface area contributed by atoms with Crippen molar-refractivity contribution in [1.29, 1.82) is 0 Å². The van der Waals surface area contributed by atoms with Crippen LogP contribution in [0.15, 0.2) is 66.0 Å². The van der Waals surface area contributed by atoms with Crippen LogP contribution in [0.2, 0.25) is 5.02 Å². The average Bonchev–Trinajstić information content (AvgIpc) is 3.14. The fourth-order valence-electron chi connectivity index (χ4n) is 2.92. The van der Waals surface area contributed by atoms with Crippen LogP contribution >= 0.6 is 23.4 Å². The molecule has 0 aliphatic heterocycles. The van der Waals surface area contributed by atoms with Crippen molar-refractivity contribution in [1.82, 2.24) is 14.6 Å². The van der Waals surface area contributed by atoms with E-state index in [4.69, 9.17) is 21.4 Å². The van der Waals surface area contributed by atoms with Crippen LogP contribution in [0.1, 0.15) is 18.1 Å². The molecule has 6 heteroatoms. The lowest BCUT2D eigenvalue weighted by molar-refractivity contribution is 0.340. The Bertz CT molecular complexity index is 1110. The number of fused-ring (bicyclic) bond motifs is 1. The third-order valence-corrected chi connectivity index (χ3v) is 5.74. The molecule has 0 aliphatic rings. The summed E-state index contributed by atoms with van der Waals surface area (Å²) >= 11 is 8.05. The van der Waals surface area contributed by atoms with Gasteiger partial charge in [0, 0.05) is 23.7 Å². The van der Waals surface area contributed by atoms with E-state index in [1.54, 1.807) is 18.0 Å². The van der Waals surface area contributed by atoms with Crippen LogP contribution in [0.5, 0.6) is 5.75 Å². The quantitative estimate of drug-likeness (QED) is 0.363. The van der Waals surface area contributed by atoms with Crippen molar-refractivity contribution in [3.63, 3.8) is 0 Å². The number of rotatable bonds is 6. The minimum atomic E-state index is 0.584. The van der Waals surface area contributed by atoms with Gasteiger partial charge in [0.05, 0.1) is 22.8 Å². The molecule has 0 spiro atoms. The van der Waals surface area contributed by atoms with Crippen LogP contribution in [-0.4, -0.2) is 21.2 Å². The van der Waals surface area contributed by atoms with E-state index in [-0.39, 0.29) is 0 Å². The molecule has 0 saturated carbocycles. The summed E-state index contributed by atoms with van der Waals surface area (Å²) in [4.78, 5) is 4.56. The lowest BCUT2D eigenvalue weighted by atomic mass is 10.1. The molecule has 0 N–H and O–H groups in total. The standard InChI is InChI=1S/C22H20ClN3OS/c1-3-27-21-9-8-17(12-18(21)23)19-13-20-22(24-10-11-26(20)25-19)28-14-16-6-4-15(2)5-7-16/h4-13H,3,14H2,1-2H3. The van der Waals surface area contributed by atoms with Gasteiger partial charge in [0.2, 0.25) is 0 Å². The van der Waals surface area contributed by atoms with Crippen LogP contribution in [0.4, 0.5) is 0 Å². The summed E-state index contributed by atoms with van der Waals surface area (Å²) in [6.45, 7) is 4.62. The fraction of sp³-hybridized carbons (Fsp3) is 0.182. The number of halogens is 1. The van der Waals surface area contributed by atoms with E-state index in [1.165, 1.54) is 11.1 Å². The molecule has 0 atom stereocenters. The maximum Gasteiger partial charge on any atom is 0.137 e. The van der Waals surface area contributed by atoms with Crippen molar-refractivity contribution in [3.05, 3.63) is 77.1 Å². The second kappa shape index (κ2) is 8.25. The molecular weight excluding hydrogens is 390 g/mol. The highest BCUT2D eigenvalue weighted by atomic mass is 35.5. The van der Waals surface area contributed by atoms with Crippen molar-refractivity contribution in [2.75, 3.05) is 6.61 Å². The van der Waals surface area contributed by atoms with Crippen LogP contribution in [0.25, 0.3) is 16.8 Å². The van der Waals surface area contributed by atoms with Crippen molar-refractivity contribution >= 4 is 28.9 Å². The van der Waals surface area contributed by atoms with E-state index in [9.17, 15) is 0 Å². The van der Waals surface area contributed by atoms with E-state index in [0.717, 1.165) is 27.6 Å². The lowest BCUT2D eigenvalue weighted by Gasteiger charge is -2.06. The maximum atomic E-state index is 6.34. The van der Waals surface area contributed by atoms with Crippen molar-refractivity contribution in [2.45, 2.75) is 24.6 Å². The maximum absolute atomic E-state index is 6.34. The molecule has 0 unspecified atom stereocenters. The number of aromatic nitrogens is 3. The Morgan fingerprint density at radius 3 is 2.68 bits per heavy atom. The van der Waals surface area contributed by atoms with Gasteiger partial charge in [-0.3, -0.25) is 0 Å². The monoisotopic (exact) mass is 409 g/mol. The topological polar surface area (TPSA) is 39.4 Å². The summed E-state index contributed by atoms with van der Waals surface area (Å²) in [6, 6.07) is 16.4. The first-order valence-corrected chi connectivity index (χ1v) is 10.5. The first kappa shape index (κ1) is 18.8. The zero-order valence-corrected chi connectivity index (χ0v) is 17.3. The average molecular weight is 410 g/mol. The van der Waals surface area contributed by atoms with E-state index in [0.29, 0.717) is 17.4 Å². The number of ether oxygens (including phenoxy) is 1. The van der Waals surface area contributed by atoms with Gasteiger partial charge in [0.1, 0.15) is 10.8 Å². The molecule has 0 aliphatic carbocycles. The second-order valence-corrected chi connectivity index (χ2v) is 7.82. The van der Waals surface area contributed by atoms with Crippen LogP contribution in [-0.2, 0) is 5.75 Å². The van der Waals surface area contributed by atoms with Crippen molar-refractivity contribution in [3.8, 4) is 17.0 Å². The molecule has 0 amide bonds. The van der Waals surface area contributed by atoms with Crippen molar-refractivity contribution in [2.24, 2.45) is 0 Å². The highest BCUT2D eigenvalue weighted by Crippen LogP contribution is 2.32. The lowest BCUT2D eigenvalue weighted by Crippen LogP contribution is -1.93. The summed E-state index contributed by atoms with van der Waals surface area (Å²) in [5, 5.41) is 6.23. The normalized spacial score (nSPS) is 11.1. The first-order chi connectivity index (χ1) is 13.6. The zero-order valence-electron chi connectivity index (χ0n) is 15.7. The van der Waals surface area contributed by atoms with Gasteiger partial charge < -0.3 is 4.74 Å². The Morgan fingerprint density at radius 2 is 1.93 bits per heavy atom. The minimum absolute atomic E-state index is 0.584. The summed E-state index contributed by atoms with van der Waals surface area (Å²) in [7, 11) is 0. The van der Waals surface area contributed by atoms with E-state index < -0.39 is 0 Å². The Hall–Kier alpha value is -2.50. The minimum Gasteiger partial charge on any atom is -0.492 e. The fourth-order valence-corrected chi connectivity index (χ4v) is 4.09. The zero-order chi connectivity index (χ0) is 19.5. The van der Waals surface area contributed by atoms with Crippen LogP contribution in [0.3, 0.4) is 0 Å². The Labute approximate surface area is 173 Å². The predicted molar refractivity (Wildman–Crippen MR) is 115 cm³/mol. The first-order valence-electron chi connectivity index (χ1n) is 9.09. The summed E-state index contributed by atoms with van der Waals surface area (Å²) in [5.74, 6) is 1.55. The molecule has 4 nitrogen and oxygen atoms in total. The molecule has 0 saturated heterocycles. The van der Waals surface area contributed by atoms with Gasteiger partial charge in [-0.15, -0.1) is 0 Å². The Balaban J connectivity index is 1.61. The molecule has 4 aromatic rings. The number of aryl methyl sites for hydroxylation is 1. The molecule has 4 rings (SSSR count). The second-order valence-electron chi connectivity index (χ2n) is 6.44. The largest absolute Gasteiger partial charge is 0.492 e. The highest BCUT2D eigenvalue weighted by molar-refractivity contribution is 7.98. The Kier molecular flexibility index (Phi) is 5.55. The third-order valence-electron chi connectivity index (χ3n) is 4.38. The van der Waals surface area contributed by atoms with E-state index in [2.05, 4.69) is 42.2 Å². The van der Waals surface area contributed by atoms with Crippen LogP contribution < -0.4 is 4.74 Å². The molecule has 2 aromatic carbocycles. The van der Waals surface area contributed by atoms with Gasteiger partial charge in [0.25, 0.3) is 0 Å². The van der Waals surface area contributed by atoms with E-state index in [1.807, 2.05) is 35.8 Å². The molecule has 0 bridgehead atoms. The predicted octanol–water partition coefficient (Wildman–Crippen LogP) is 6.05.